The topological polar surface area (TPSA) is 155 Å². The summed E-state index contributed by atoms with van der Waals surface area (Å²) >= 11 is 5.87. The normalized spacial score (nSPS) is 10.4. The summed E-state index contributed by atoms with van der Waals surface area (Å²) in [7, 11) is 1.40. The molecule has 0 radical (unpaired) electrons. The molecule has 2 rings (SSSR count). The first-order chi connectivity index (χ1) is 13.8. The minimum atomic E-state index is -0.733. The lowest BCUT2D eigenvalue weighted by atomic mass is 10.2. The second kappa shape index (κ2) is 9.90. The summed E-state index contributed by atoms with van der Waals surface area (Å²) < 4.78 is 4.96. The van der Waals surface area contributed by atoms with E-state index in [4.69, 9.17) is 16.3 Å². The molecule has 4 N–H and O–H groups in total. The number of nitro groups is 1. The number of urea groups is 1. The summed E-state index contributed by atoms with van der Waals surface area (Å²) in [5.41, 5.74) is 2.72. The number of amides is 3. The van der Waals surface area contributed by atoms with E-state index in [1.54, 1.807) is 6.07 Å². The van der Waals surface area contributed by atoms with Gasteiger partial charge in [-0.1, -0.05) is 11.6 Å². The van der Waals surface area contributed by atoms with Crippen LogP contribution in [-0.2, 0) is 4.79 Å². The number of methoxy groups -OCH3 is 1. The van der Waals surface area contributed by atoms with Crippen molar-refractivity contribution < 1.29 is 24.4 Å². The minimum Gasteiger partial charge on any atom is -0.504 e. The number of non-ortho nitro benzene ring substituents is 1. The van der Waals surface area contributed by atoms with E-state index in [0.29, 0.717) is 5.56 Å². The van der Waals surface area contributed by atoms with Gasteiger partial charge >= 0.3 is 6.03 Å². The Balaban J connectivity index is 1.81. The smallest absolute Gasteiger partial charge is 0.319 e. The molecule has 152 valence electrons. The molecule has 0 atom stereocenters. The van der Waals surface area contributed by atoms with Crippen LogP contribution in [0.25, 0.3) is 0 Å². The molecule has 0 unspecified atom stereocenters. The number of halogens is 1. The van der Waals surface area contributed by atoms with Crippen molar-refractivity contribution in [2.45, 2.75) is 0 Å². The van der Waals surface area contributed by atoms with Crippen LogP contribution in [0.15, 0.2) is 41.5 Å². The van der Waals surface area contributed by atoms with Crippen LogP contribution in [0.4, 0.5) is 16.2 Å². The first-order valence-corrected chi connectivity index (χ1v) is 8.35. The molecule has 0 fully saturated rings. The Hall–Kier alpha value is -3.86. The second-order valence-corrected chi connectivity index (χ2v) is 5.86. The predicted molar refractivity (Wildman–Crippen MR) is 106 cm³/mol. The van der Waals surface area contributed by atoms with Gasteiger partial charge < -0.3 is 20.5 Å². The van der Waals surface area contributed by atoms with E-state index in [-0.39, 0.29) is 34.4 Å². The number of benzene rings is 2. The van der Waals surface area contributed by atoms with Crippen LogP contribution in [-0.4, -0.2) is 41.8 Å². The van der Waals surface area contributed by atoms with Crippen LogP contribution in [0.2, 0.25) is 5.02 Å². The van der Waals surface area contributed by atoms with Gasteiger partial charge in [-0.3, -0.25) is 14.9 Å². The quantitative estimate of drug-likeness (QED) is 0.305. The molecular formula is C17H16ClN5O6. The highest BCUT2D eigenvalue weighted by atomic mass is 35.5. The molecular weight excluding hydrogens is 406 g/mol. The molecule has 0 spiro atoms. The molecule has 0 aliphatic carbocycles. The highest BCUT2D eigenvalue weighted by Crippen LogP contribution is 2.26. The van der Waals surface area contributed by atoms with Crippen LogP contribution in [0.5, 0.6) is 11.5 Å². The van der Waals surface area contributed by atoms with Gasteiger partial charge in [0.25, 0.3) is 11.6 Å². The number of nitro benzene ring substituents is 1. The lowest BCUT2D eigenvalue weighted by Crippen LogP contribution is -2.37. The number of carbonyl (C=O) groups is 2. The Morgan fingerprint density at radius 2 is 2.07 bits per heavy atom. The third-order valence-corrected chi connectivity index (χ3v) is 3.74. The average Bonchev–Trinajstić information content (AvgIpc) is 2.69. The van der Waals surface area contributed by atoms with Crippen LogP contribution < -0.4 is 20.8 Å². The van der Waals surface area contributed by atoms with Crippen LogP contribution in [0.1, 0.15) is 5.56 Å². The molecule has 0 aromatic heterocycles. The van der Waals surface area contributed by atoms with E-state index in [2.05, 4.69) is 21.2 Å². The fourth-order valence-electron chi connectivity index (χ4n) is 2.04. The van der Waals surface area contributed by atoms with Gasteiger partial charge in [0.15, 0.2) is 11.5 Å². The molecule has 3 amide bonds. The number of rotatable bonds is 7. The highest BCUT2D eigenvalue weighted by molar-refractivity contribution is 6.33. The second-order valence-electron chi connectivity index (χ2n) is 5.45. The van der Waals surface area contributed by atoms with Crippen LogP contribution in [0, 0.1) is 10.1 Å². The molecule has 0 heterocycles. The standard InChI is InChI=1S/C17H16ClN5O6/c1-29-15-6-10(2-5-14(15)24)8-20-22-16(25)9-19-17(26)21-13-4-3-11(23(27)28)7-12(13)18/h2-8,24H,9H2,1H3,(H,22,25)(H2,19,21,26)/b20-8-. The fraction of sp³-hybridized carbons (Fsp3) is 0.118. The Morgan fingerprint density at radius 3 is 2.72 bits per heavy atom. The van der Waals surface area contributed by atoms with E-state index in [1.807, 2.05) is 0 Å². The molecule has 0 aliphatic rings. The average molecular weight is 422 g/mol. The van der Waals surface area contributed by atoms with E-state index in [1.165, 1.54) is 37.6 Å². The Bertz CT molecular complexity index is 965. The number of nitrogens with zero attached hydrogens (tertiary/aromatic N) is 2. The van der Waals surface area contributed by atoms with Crippen molar-refractivity contribution in [3.8, 4) is 11.5 Å². The van der Waals surface area contributed by atoms with Crippen molar-refractivity contribution >= 4 is 41.1 Å². The van der Waals surface area contributed by atoms with Gasteiger partial charge in [-0.15, -0.1) is 0 Å². The summed E-state index contributed by atoms with van der Waals surface area (Å²) in [4.78, 5) is 33.6. The SMILES string of the molecule is COc1cc(/C=N\NC(=O)CNC(=O)Nc2ccc([N+](=O)[O-])cc2Cl)ccc1O. The number of nitrogens with one attached hydrogen (secondary N) is 3. The third kappa shape index (κ3) is 6.36. The maximum absolute atomic E-state index is 11.8. The van der Waals surface area contributed by atoms with Gasteiger partial charge in [-0.25, -0.2) is 10.2 Å². The van der Waals surface area contributed by atoms with Gasteiger partial charge in [-0.05, 0) is 29.8 Å². The molecule has 0 aliphatic heterocycles. The maximum atomic E-state index is 11.8. The van der Waals surface area contributed by atoms with Gasteiger partial charge in [-0.2, -0.15) is 5.10 Å². The molecule has 11 nitrogen and oxygen atoms in total. The third-order valence-electron chi connectivity index (χ3n) is 3.43. The molecule has 2 aromatic rings. The first-order valence-electron chi connectivity index (χ1n) is 7.98. The number of hydrogen-bond donors (Lipinski definition) is 4. The number of ether oxygens (including phenoxy) is 1. The Labute approximate surface area is 169 Å². The number of phenols is 1. The van der Waals surface area contributed by atoms with Crippen molar-refractivity contribution in [3.63, 3.8) is 0 Å². The molecule has 2 aromatic carbocycles. The van der Waals surface area contributed by atoms with Crippen molar-refractivity contribution in [3.05, 3.63) is 57.1 Å². The first kappa shape index (κ1) is 21.4. The van der Waals surface area contributed by atoms with E-state index < -0.39 is 16.9 Å². The lowest BCUT2D eigenvalue weighted by molar-refractivity contribution is -0.384. The van der Waals surface area contributed by atoms with Gasteiger partial charge in [0.2, 0.25) is 0 Å². The molecule has 0 bridgehead atoms. The number of aromatic hydroxyl groups is 1. The van der Waals surface area contributed by atoms with Gasteiger partial charge in [0, 0.05) is 12.1 Å². The fourth-order valence-corrected chi connectivity index (χ4v) is 2.26. The molecule has 0 saturated heterocycles. The molecule has 0 saturated carbocycles. The zero-order valence-electron chi connectivity index (χ0n) is 15.0. The van der Waals surface area contributed by atoms with E-state index in [0.717, 1.165) is 6.07 Å². The predicted octanol–water partition coefficient (Wildman–Crippen LogP) is 2.23. The van der Waals surface area contributed by atoms with Crippen molar-refractivity contribution in [1.29, 1.82) is 0 Å². The number of carbonyl (C=O) groups excluding carboxylic acids is 2. The number of hydrazone groups is 1. The summed E-state index contributed by atoms with van der Waals surface area (Å²) in [6, 6.07) is 7.31. The summed E-state index contributed by atoms with van der Waals surface area (Å²) in [5.74, 6) is -0.377. The van der Waals surface area contributed by atoms with Crippen molar-refractivity contribution in [2.24, 2.45) is 5.10 Å². The Morgan fingerprint density at radius 1 is 1.31 bits per heavy atom. The van der Waals surface area contributed by atoms with Crippen molar-refractivity contribution in [1.82, 2.24) is 10.7 Å². The van der Waals surface area contributed by atoms with Gasteiger partial charge in [0.1, 0.15) is 6.54 Å². The van der Waals surface area contributed by atoms with Gasteiger partial charge in [0.05, 0.1) is 29.0 Å². The number of hydrogen-bond acceptors (Lipinski definition) is 7. The van der Waals surface area contributed by atoms with Crippen LogP contribution >= 0.6 is 11.6 Å². The number of anilines is 1. The zero-order valence-corrected chi connectivity index (χ0v) is 15.8. The van der Waals surface area contributed by atoms with E-state index in [9.17, 15) is 24.8 Å². The maximum Gasteiger partial charge on any atom is 0.319 e. The summed E-state index contributed by atoms with van der Waals surface area (Å²) in [5, 5.41) is 28.5. The summed E-state index contributed by atoms with van der Waals surface area (Å²) in [6.45, 7) is -0.382. The van der Waals surface area contributed by atoms with Crippen LogP contribution in [0.3, 0.4) is 0 Å². The lowest BCUT2D eigenvalue weighted by Gasteiger charge is -2.08. The van der Waals surface area contributed by atoms with Crippen molar-refractivity contribution in [2.75, 3.05) is 19.0 Å². The Kier molecular flexibility index (Phi) is 7.32. The summed E-state index contributed by atoms with van der Waals surface area (Å²) in [6.07, 6.45) is 1.33. The van der Waals surface area contributed by atoms with E-state index >= 15 is 0 Å². The highest BCUT2D eigenvalue weighted by Gasteiger charge is 2.12. The molecule has 29 heavy (non-hydrogen) atoms. The zero-order chi connectivity index (χ0) is 21.4. The molecule has 12 heteroatoms. The monoisotopic (exact) mass is 421 g/mol. The largest absolute Gasteiger partial charge is 0.504 e. The minimum absolute atomic E-state index is 0.0206. The number of phenolic OH excluding ortho intramolecular Hbond substituents is 1.